The van der Waals surface area contributed by atoms with Gasteiger partial charge in [0.05, 0.1) is 16.8 Å². The third-order valence-electron chi connectivity index (χ3n) is 7.55. The van der Waals surface area contributed by atoms with Gasteiger partial charge in [0.2, 0.25) is 5.91 Å². The topological polar surface area (TPSA) is 67.2 Å². The predicted octanol–water partition coefficient (Wildman–Crippen LogP) is 5.39. The summed E-state index contributed by atoms with van der Waals surface area (Å²) in [5.41, 5.74) is 5.07. The first-order chi connectivity index (χ1) is 19.7. The second-order valence-electron chi connectivity index (χ2n) is 10.4. The molecule has 1 saturated heterocycles. The smallest absolute Gasteiger partial charge is 0.222 e. The Morgan fingerprint density at radius 2 is 1.45 bits per heavy atom. The van der Waals surface area contributed by atoms with Gasteiger partial charge >= 0.3 is 0 Å². The van der Waals surface area contributed by atoms with Crippen molar-refractivity contribution in [3.05, 3.63) is 114 Å². The van der Waals surface area contributed by atoms with Gasteiger partial charge in [-0.15, -0.1) is 0 Å². The number of anilines is 1. The van der Waals surface area contributed by atoms with E-state index in [9.17, 15) is 4.79 Å². The summed E-state index contributed by atoms with van der Waals surface area (Å²) in [7, 11) is 0. The molecule has 1 amide bonds. The van der Waals surface area contributed by atoms with Crippen LogP contribution in [0.1, 0.15) is 35.5 Å². The molecule has 0 N–H and O–H groups in total. The molecule has 0 bridgehead atoms. The van der Waals surface area contributed by atoms with E-state index in [1.165, 1.54) is 11.1 Å². The summed E-state index contributed by atoms with van der Waals surface area (Å²) >= 11 is 0. The number of carbonyl (C=O) groups excluding carboxylic acids is 1. The second-order valence-corrected chi connectivity index (χ2v) is 10.4. The first kappa shape index (κ1) is 25.7. The molecule has 0 unspecified atom stereocenters. The van der Waals surface area contributed by atoms with Crippen LogP contribution in [-0.2, 0) is 17.6 Å². The zero-order valence-electron chi connectivity index (χ0n) is 22.9. The number of rotatable bonds is 7. The van der Waals surface area contributed by atoms with Crippen LogP contribution in [0.3, 0.4) is 0 Å². The fraction of sp³-hybridized carbons (Fsp3) is 0.273. The van der Waals surface area contributed by atoms with E-state index in [4.69, 9.17) is 15.1 Å². The lowest BCUT2D eigenvalue weighted by atomic mass is 10.1. The highest BCUT2D eigenvalue weighted by atomic mass is 16.2. The van der Waals surface area contributed by atoms with E-state index < -0.39 is 0 Å². The normalized spacial score (nSPS) is 13.9. The molecule has 3 heterocycles. The Hall–Kier alpha value is -4.52. The number of hydrogen-bond acceptors (Lipinski definition) is 5. The summed E-state index contributed by atoms with van der Waals surface area (Å²) in [5.74, 6) is 1.90. The van der Waals surface area contributed by atoms with Gasteiger partial charge in [0.15, 0.2) is 5.65 Å². The highest BCUT2D eigenvalue weighted by Gasteiger charge is 2.25. The summed E-state index contributed by atoms with van der Waals surface area (Å²) < 4.78 is 1.93. The van der Waals surface area contributed by atoms with Crippen LogP contribution >= 0.6 is 0 Å². The summed E-state index contributed by atoms with van der Waals surface area (Å²) in [4.78, 5) is 27.6. The average Bonchev–Trinajstić information content (AvgIpc) is 3.16. The molecule has 1 fully saturated rings. The molecular weight excluding hydrogens is 496 g/mol. The Bertz CT molecular complexity index is 1580. The first-order valence-corrected chi connectivity index (χ1v) is 14.1. The molecule has 2 aromatic heterocycles. The van der Waals surface area contributed by atoms with Crippen molar-refractivity contribution in [1.82, 2.24) is 24.6 Å². The number of para-hydroxylation sites is 1. The second kappa shape index (κ2) is 11.7. The number of amides is 1. The zero-order chi connectivity index (χ0) is 27.3. The molecule has 0 atom stereocenters. The molecule has 5 aromatic rings. The lowest BCUT2D eigenvalue weighted by molar-refractivity contribution is -0.130. The summed E-state index contributed by atoms with van der Waals surface area (Å²) in [6, 6.07) is 30.7. The van der Waals surface area contributed by atoms with E-state index in [1.807, 2.05) is 71.1 Å². The van der Waals surface area contributed by atoms with Crippen LogP contribution in [0, 0.1) is 6.92 Å². The summed E-state index contributed by atoms with van der Waals surface area (Å²) in [6.07, 6.45) is 2.84. The molecule has 0 radical (unpaired) electrons. The lowest BCUT2D eigenvalue weighted by Gasteiger charge is -2.24. The minimum atomic E-state index is 0.219. The van der Waals surface area contributed by atoms with Crippen molar-refractivity contribution in [3.63, 3.8) is 0 Å². The van der Waals surface area contributed by atoms with Gasteiger partial charge in [-0.3, -0.25) is 4.79 Å². The number of carbonyl (C=O) groups is 1. The van der Waals surface area contributed by atoms with Crippen LogP contribution in [0.4, 0.5) is 5.82 Å². The van der Waals surface area contributed by atoms with E-state index in [-0.39, 0.29) is 5.91 Å². The molecule has 40 heavy (non-hydrogen) atoms. The van der Waals surface area contributed by atoms with Crippen molar-refractivity contribution < 1.29 is 4.79 Å². The Morgan fingerprint density at radius 3 is 2.17 bits per heavy atom. The van der Waals surface area contributed by atoms with Gasteiger partial charge < -0.3 is 9.80 Å². The molecule has 202 valence electrons. The van der Waals surface area contributed by atoms with Gasteiger partial charge in [-0.25, -0.2) is 14.6 Å². The standard InChI is InChI=1S/C33H34N6O/c1-25-31-32(38-21-11-20-37(22-23-38)30(40)19-18-26-12-5-2-6-13-26)34-29(24-27-14-7-3-8-15-27)35-33(31)39(36-25)28-16-9-4-10-17-28/h2-10,12-17H,11,18-24H2,1H3. The maximum absolute atomic E-state index is 13.1. The van der Waals surface area contributed by atoms with Crippen LogP contribution in [0.15, 0.2) is 91.0 Å². The van der Waals surface area contributed by atoms with Crippen molar-refractivity contribution in [3.8, 4) is 5.69 Å². The largest absolute Gasteiger partial charge is 0.354 e. The molecule has 3 aromatic carbocycles. The van der Waals surface area contributed by atoms with Gasteiger partial charge in [-0.05, 0) is 43.0 Å². The third kappa shape index (κ3) is 5.59. The van der Waals surface area contributed by atoms with Crippen LogP contribution in [0.25, 0.3) is 16.7 Å². The van der Waals surface area contributed by atoms with Crippen LogP contribution < -0.4 is 4.90 Å². The van der Waals surface area contributed by atoms with Gasteiger partial charge in [0.25, 0.3) is 0 Å². The molecule has 1 aliphatic heterocycles. The van der Waals surface area contributed by atoms with Crippen LogP contribution in [0.5, 0.6) is 0 Å². The molecule has 1 aliphatic rings. The fourth-order valence-electron chi connectivity index (χ4n) is 5.47. The van der Waals surface area contributed by atoms with E-state index in [0.717, 1.165) is 66.5 Å². The van der Waals surface area contributed by atoms with E-state index >= 15 is 0 Å². The van der Waals surface area contributed by atoms with Crippen molar-refractivity contribution in [2.45, 2.75) is 32.6 Å². The summed E-state index contributed by atoms with van der Waals surface area (Å²) in [6.45, 7) is 5.03. The van der Waals surface area contributed by atoms with Crippen LogP contribution in [0.2, 0.25) is 0 Å². The Labute approximate surface area is 235 Å². The third-order valence-corrected chi connectivity index (χ3v) is 7.55. The van der Waals surface area contributed by atoms with E-state index in [1.54, 1.807) is 0 Å². The van der Waals surface area contributed by atoms with Crippen molar-refractivity contribution >= 4 is 22.8 Å². The fourth-order valence-corrected chi connectivity index (χ4v) is 5.47. The predicted molar refractivity (Wildman–Crippen MR) is 159 cm³/mol. The minimum absolute atomic E-state index is 0.219. The maximum Gasteiger partial charge on any atom is 0.222 e. The Kier molecular flexibility index (Phi) is 7.53. The highest BCUT2D eigenvalue weighted by Crippen LogP contribution is 2.30. The number of nitrogens with zero attached hydrogens (tertiary/aromatic N) is 6. The number of benzene rings is 3. The zero-order valence-corrected chi connectivity index (χ0v) is 22.9. The Morgan fingerprint density at radius 1 is 0.775 bits per heavy atom. The quantitative estimate of drug-likeness (QED) is 0.282. The number of fused-ring (bicyclic) bond motifs is 1. The molecule has 0 aliphatic carbocycles. The highest BCUT2D eigenvalue weighted by molar-refractivity contribution is 5.91. The van der Waals surface area contributed by atoms with Crippen LogP contribution in [-0.4, -0.2) is 56.7 Å². The molecule has 0 spiro atoms. The number of aryl methyl sites for hydroxylation is 2. The van der Waals surface area contributed by atoms with Gasteiger partial charge in [0, 0.05) is 39.0 Å². The van der Waals surface area contributed by atoms with Crippen molar-refractivity contribution in [2.24, 2.45) is 0 Å². The van der Waals surface area contributed by atoms with E-state index in [0.29, 0.717) is 19.4 Å². The molecule has 0 saturated carbocycles. The maximum atomic E-state index is 13.1. The monoisotopic (exact) mass is 530 g/mol. The van der Waals surface area contributed by atoms with Crippen molar-refractivity contribution in [2.75, 3.05) is 31.1 Å². The molecule has 7 nitrogen and oxygen atoms in total. The minimum Gasteiger partial charge on any atom is -0.354 e. The average molecular weight is 531 g/mol. The molecular formula is C33H34N6O. The lowest BCUT2D eigenvalue weighted by Crippen LogP contribution is -2.35. The number of hydrogen-bond donors (Lipinski definition) is 0. The van der Waals surface area contributed by atoms with Gasteiger partial charge in [0.1, 0.15) is 11.6 Å². The number of aromatic nitrogens is 4. The molecule has 7 heteroatoms. The van der Waals surface area contributed by atoms with Gasteiger partial charge in [-0.2, -0.15) is 5.10 Å². The SMILES string of the molecule is Cc1nn(-c2ccccc2)c2nc(Cc3ccccc3)nc(N3CCCN(C(=O)CCc4ccccc4)CC3)c12. The van der Waals surface area contributed by atoms with E-state index in [2.05, 4.69) is 41.3 Å². The first-order valence-electron chi connectivity index (χ1n) is 14.1. The molecule has 6 rings (SSSR count). The van der Waals surface area contributed by atoms with Gasteiger partial charge in [-0.1, -0.05) is 78.9 Å². The Balaban J connectivity index is 1.30. The van der Waals surface area contributed by atoms with Crippen molar-refractivity contribution in [1.29, 1.82) is 0 Å². The summed E-state index contributed by atoms with van der Waals surface area (Å²) in [5, 5.41) is 5.88.